The number of amides is 1. The van der Waals surface area contributed by atoms with Crippen LogP contribution in [0.1, 0.15) is 28.3 Å². The number of nitriles is 1. The van der Waals surface area contributed by atoms with Crippen LogP contribution in [0.2, 0.25) is 5.02 Å². The Hall–Kier alpha value is -3.88. The summed E-state index contributed by atoms with van der Waals surface area (Å²) in [5.41, 5.74) is 2.89. The quantitative estimate of drug-likeness (QED) is 0.355. The van der Waals surface area contributed by atoms with Crippen LogP contribution in [0.15, 0.2) is 78.4 Å². The van der Waals surface area contributed by atoms with E-state index in [1.54, 1.807) is 48.5 Å². The number of hydrogen-bond donors (Lipinski definition) is 1. The van der Waals surface area contributed by atoms with E-state index in [1.165, 1.54) is 4.90 Å². The maximum atomic E-state index is 13.1. The van der Waals surface area contributed by atoms with Crippen LogP contribution in [0.3, 0.4) is 0 Å². The van der Waals surface area contributed by atoms with Gasteiger partial charge in [-0.25, -0.2) is 0 Å². The molecule has 0 spiro atoms. The van der Waals surface area contributed by atoms with Crippen molar-refractivity contribution in [3.63, 3.8) is 0 Å². The molecule has 0 aliphatic carbocycles. The number of hydrogen-bond acceptors (Lipinski definition) is 4. The lowest BCUT2D eigenvalue weighted by molar-refractivity contribution is -0.132. The zero-order chi connectivity index (χ0) is 22.1. The monoisotopic (exact) mass is 428 g/mol. The van der Waals surface area contributed by atoms with E-state index in [0.29, 0.717) is 21.8 Å². The number of ketones is 1. The fourth-order valence-corrected chi connectivity index (χ4v) is 3.87. The summed E-state index contributed by atoms with van der Waals surface area (Å²) in [5, 5.41) is 20.6. The first kappa shape index (κ1) is 20.4. The molecule has 1 atom stereocenters. The Bertz CT molecular complexity index is 1260. The Kier molecular flexibility index (Phi) is 5.33. The summed E-state index contributed by atoms with van der Waals surface area (Å²) in [6.07, 6.45) is 0. The van der Waals surface area contributed by atoms with Crippen LogP contribution in [-0.2, 0) is 9.59 Å². The van der Waals surface area contributed by atoms with Gasteiger partial charge in [0, 0.05) is 16.3 Å². The van der Waals surface area contributed by atoms with Crippen molar-refractivity contribution >= 4 is 34.7 Å². The second-order valence-electron chi connectivity index (χ2n) is 7.19. The van der Waals surface area contributed by atoms with Crippen LogP contribution < -0.4 is 4.90 Å². The van der Waals surface area contributed by atoms with Crippen molar-refractivity contribution in [1.82, 2.24) is 0 Å². The highest BCUT2D eigenvalue weighted by atomic mass is 35.5. The minimum Gasteiger partial charge on any atom is -0.507 e. The topological polar surface area (TPSA) is 81.4 Å². The van der Waals surface area contributed by atoms with Crippen molar-refractivity contribution in [3.05, 3.63) is 106 Å². The van der Waals surface area contributed by atoms with Gasteiger partial charge in [-0.1, -0.05) is 35.9 Å². The van der Waals surface area contributed by atoms with Crippen molar-refractivity contribution in [3.8, 4) is 6.07 Å². The molecule has 1 unspecified atom stereocenters. The summed E-state index contributed by atoms with van der Waals surface area (Å²) in [6, 6.07) is 21.5. The fraction of sp³-hybridized carbons (Fsp3) is 0.0800. The summed E-state index contributed by atoms with van der Waals surface area (Å²) in [5.74, 6) is -1.78. The third kappa shape index (κ3) is 3.58. The van der Waals surface area contributed by atoms with Gasteiger partial charge in [-0.15, -0.1) is 0 Å². The van der Waals surface area contributed by atoms with Gasteiger partial charge in [-0.2, -0.15) is 5.26 Å². The summed E-state index contributed by atoms with van der Waals surface area (Å²) < 4.78 is 0. The third-order valence-electron chi connectivity index (χ3n) is 5.32. The Morgan fingerprint density at radius 1 is 1.00 bits per heavy atom. The van der Waals surface area contributed by atoms with Crippen molar-refractivity contribution < 1.29 is 14.7 Å². The average molecular weight is 429 g/mol. The average Bonchev–Trinajstić information content (AvgIpc) is 3.04. The number of halogens is 1. The zero-order valence-electron chi connectivity index (χ0n) is 16.5. The number of aliphatic hydroxyl groups excluding tert-OH is 1. The maximum Gasteiger partial charge on any atom is 0.300 e. The van der Waals surface area contributed by atoms with E-state index in [-0.39, 0.29) is 11.3 Å². The van der Waals surface area contributed by atoms with Crippen LogP contribution in [0.4, 0.5) is 5.69 Å². The second kappa shape index (κ2) is 8.10. The molecule has 0 radical (unpaired) electrons. The summed E-state index contributed by atoms with van der Waals surface area (Å²) in [7, 11) is 0. The number of carbonyl (C=O) groups is 2. The molecule has 0 bridgehead atoms. The smallest absolute Gasteiger partial charge is 0.300 e. The number of Topliss-reactive ketones (excluding diaryl/α,β-unsaturated/α-hetero) is 1. The number of nitrogens with zero attached hydrogens (tertiary/aromatic N) is 2. The molecule has 152 valence electrons. The lowest BCUT2D eigenvalue weighted by Crippen LogP contribution is -2.29. The lowest BCUT2D eigenvalue weighted by Gasteiger charge is -2.26. The Morgan fingerprint density at radius 2 is 1.65 bits per heavy atom. The highest BCUT2D eigenvalue weighted by Gasteiger charge is 2.47. The van der Waals surface area contributed by atoms with E-state index < -0.39 is 17.7 Å². The van der Waals surface area contributed by atoms with Crippen LogP contribution in [-0.4, -0.2) is 16.8 Å². The Labute approximate surface area is 184 Å². The van der Waals surface area contributed by atoms with Gasteiger partial charge in [0.1, 0.15) is 5.76 Å². The summed E-state index contributed by atoms with van der Waals surface area (Å²) in [6.45, 7) is 1.89. The number of carbonyl (C=O) groups excluding carboxylic acids is 2. The molecule has 1 N–H and O–H groups in total. The van der Waals surface area contributed by atoms with Gasteiger partial charge >= 0.3 is 0 Å². The number of aliphatic hydroxyl groups is 1. The molecule has 0 aromatic heterocycles. The minimum atomic E-state index is -0.815. The van der Waals surface area contributed by atoms with E-state index in [0.717, 1.165) is 11.1 Å². The van der Waals surface area contributed by atoms with Gasteiger partial charge in [0.25, 0.3) is 11.7 Å². The van der Waals surface area contributed by atoms with Crippen molar-refractivity contribution in [1.29, 1.82) is 5.26 Å². The maximum absolute atomic E-state index is 13.1. The van der Waals surface area contributed by atoms with E-state index in [2.05, 4.69) is 0 Å². The SMILES string of the molecule is Cc1ccccc1C1/C(=C(/O)c2ccc(Cl)cc2)C(=O)C(=O)N1c1ccc(C#N)cc1. The largest absolute Gasteiger partial charge is 0.507 e. The predicted octanol–water partition coefficient (Wildman–Crippen LogP) is 5.15. The molecular formula is C25H17ClN2O3. The second-order valence-corrected chi connectivity index (χ2v) is 7.63. The molecule has 1 aliphatic rings. The highest BCUT2D eigenvalue weighted by Crippen LogP contribution is 2.43. The van der Waals surface area contributed by atoms with Gasteiger partial charge in [0.15, 0.2) is 0 Å². The fourth-order valence-electron chi connectivity index (χ4n) is 3.75. The molecule has 31 heavy (non-hydrogen) atoms. The first-order valence-electron chi connectivity index (χ1n) is 9.55. The van der Waals surface area contributed by atoms with Crippen LogP contribution >= 0.6 is 11.6 Å². The molecule has 1 aliphatic heterocycles. The summed E-state index contributed by atoms with van der Waals surface area (Å²) in [4.78, 5) is 27.6. The molecule has 3 aromatic rings. The van der Waals surface area contributed by atoms with Gasteiger partial charge in [0.2, 0.25) is 0 Å². The summed E-state index contributed by atoms with van der Waals surface area (Å²) >= 11 is 5.95. The van der Waals surface area contributed by atoms with Gasteiger partial charge in [-0.05, 0) is 66.6 Å². The first-order valence-corrected chi connectivity index (χ1v) is 9.93. The molecule has 1 amide bonds. The highest BCUT2D eigenvalue weighted by molar-refractivity contribution is 6.51. The normalized spacial score (nSPS) is 17.6. The standard InChI is InChI=1S/C25H17ClN2O3/c1-15-4-2-3-5-20(15)22-21(23(29)17-8-10-18(26)11-9-17)24(30)25(31)28(22)19-12-6-16(14-27)7-13-19/h2-13,22,29H,1H3/b23-21-. The molecule has 0 saturated carbocycles. The van der Waals surface area contributed by atoms with Gasteiger partial charge < -0.3 is 5.11 Å². The van der Waals surface area contributed by atoms with Crippen LogP contribution in [0.25, 0.3) is 5.76 Å². The molecular weight excluding hydrogens is 412 g/mol. The number of benzene rings is 3. The molecule has 3 aromatic carbocycles. The van der Waals surface area contributed by atoms with Crippen LogP contribution in [0, 0.1) is 18.3 Å². The van der Waals surface area contributed by atoms with E-state index in [4.69, 9.17) is 16.9 Å². The third-order valence-corrected chi connectivity index (χ3v) is 5.57. The van der Waals surface area contributed by atoms with Crippen molar-refractivity contribution in [2.75, 3.05) is 4.90 Å². The predicted molar refractivity (Wildman–Crippen MR) is 119 cm³/mol. The molecule has 1 fully saturated rings. The zero-order valence-corrected chi connectivity index (χ0v) is 17.3. The molecule has 4 rings (SSSR count). The number of aryl methyl sites for hydroxylation is 1. The van der Waals surface area contributed by atoms with Gasteiger partial charge in [-0.3, -0.25) is 14.5 Å². The first-order chi connectivity index (χ1) is 14.9. The van der Waals surface area contributed by atoms with Gasteiger partial charge in [0.05, 0.1) is 23.2 Å². The Morgan fingerprint density at radius 3 is 2.26 bits per heavy atom. The molecule has 1 saturated heterocycles. The van der Waals surface area contributed by atoms with Crippen molar-refractivity contribution in [2.24, 2.45) is 0 Å². The van der Waals surface area contributed by atoms with Crippen molar-refractivity contribution in [2.45, 2.75) is 13.0 Å². The molecule has 5 nitrogen and oxygen atoms in total. The lowest BCUT2D eigenvalue weighted by atomic mass is 9.92. The van der Waals surface area contributed by atoms with E-state index in [1.807, 2.05) is 37.3 Å². The molecule has 1 heterocycles. The minimum absolute atomic E-state index is 0.00554. The number of anilines is 1. The number of rotatable bonds is 3. The molecule has 6 heteroatoms. The van der Waals surface area contributed by atoms with E-state index >= 15 is 0 Å². The van der Waals surface area contributed by atoms with Crippen LogP contribution in [0.5, 0.6) is 0 Å². The Balaban J connectivity index is 1.95. The van der Waals surface area contributed by atoms with E-state index in [9.17, 15) is 14.7 Å².